The van der Waals surface area contributed by atoms with Crippen LogP contribution in [0.15, 0.2) is 24.0 Å². The van der Waals surface area contributed by atoms with Crippen LogP contribution in [0.1, 0.15) is 130 Å². The predicted octanol–water partition coefficient (Wildman–Crippen LogP) is 6.89. The summed E-state index contributed by atoms with van der Waals surface area (Å²) in [6.45, 7) is 9.26. The molecule has 0 aromatic rings. The molecule has 0 aliphatic rings. The molecule has 6 heteroatoms. The molecule has 0 saturated heterocycles. The summed E-state index contributed by atoms with van der Waals surface area (Å²) < 4.78 is 11.3. The molecule has 6 nitrogen and oxygen atoms in total. The lowest BCUT2D eigenvalue weighted by atomic mass is 10.0. The Bertz CT molecular complexity index is 600. The lowest BCUT2D eigenvalue weighted by Crippen LogP contribution is -2.28. The molecular formula is C29H53NO5. The zero-order valence-electron chi connectivity index (χ0n) is 22.8. The van der Waals surface area contributed by atoms with Crippen LogP contribution in [0, 0.1) is 0 Å². The first kappa shape index (κ1) is 33.2. The molecule has 0 aliphatic carbocycles. The number of carbonyl (C=O) groups excluding carboxylic acids is 2. The lowest BCUT2D eigenvalue weighted by molar-refractivity contribution is -0.144. The maximum atomic E-state index is 12.1. The van der Waals surface area contributed by atoms with Gasteiger partial charge in [-0.1, -0.05) is 110 Å². The van der Waals surface area contributed by atoms with Gasteiger partial charge < -0.3 is 20.3 Å². The van der Waals surface area contributed by atoms with E-state index in [1.54, 1.807) is 6.92 Å². The number of primary amides is 1. The van der Waals surface area contributed by atoms with Crippen molar-refractivity contribution >= 4 is 11.9 Å². The molecule has 0 saturated carbocycles. The van der Waals surface area contributed by atoms with Crippen molar-refractivity contribution in [1.29, 1.82) is 0 Å². The predicted molar refractivity (Wildman–Crippen MR) is 144 cm³/mol. The van der Waals surface area contributed by atoms with Gasteiger partial charge in [-0.3, -0.25) is 4.79 Å². The largest absolute Gasteiger partial charge is 0.491 e. The molecule has 0 spiro atoms. The quantitative estimate of drug-likeness (QED) is 0.0657. The smallest absolute Gasteiger partial charge is 0.330 e. The van der Waals surface area contributed by atoms with E-state index in [4.69, 9.17) is 15.2 Å². The van der Waals surface area contributed by atoms with Crippen LogP contribution >= 0.6 is 0 Å². The van der Waals surface area contributed by atoms with Gasteiger partial charge in [-0.25, -0.2) is 4.79 Å². The average Bonchev–Trinajstić information content (AvgIpc) is 2.82. The van der Waals surface area contributed by atoms with Gasteiger partial charge in [-0.15, -0.1) is 0 Å². The van der Waals surface area contributed by atoms with E-state index >= 15 is 0 Å². The SMILES string of the molecule is C=CC(=O)OC(CCCCCCCCCCCCCCCC)C(OCC(C)O)=C(CCC)C(N)=O. The summed E-state index contributed by atoms with van der Waals surface area (Å²) in [6.07, 6.45) is 18.9. The minimum absolute atomic E-state index is 0.00327. The summed E-state index contributed by atoms with van der Waals surface area (Å²) in [5.41, 5.74) is 5.93. The number of nitrogens with two attached hydrogens (primary N) is 1. The van der Waals surface area contributed by atoms with E-state index in [1.807, 2.05) is 6.92 Å². The number of amides is 1. The molecule has 35 heavy (non-hydrogen) atoms. The Kier molecular flexibility index (Phi) is 21.5. The summed E-state index contributed by atoms with van der Waals surface area (Å²) >= 11 is 0. The second-order valence-electron chi connectivity index (χ2n) is 9.63. The van der Waals surface area contributed by atoms with Gasteiger partial charge in [0.05, 0.1) is 11.7 Å². The second-order valence-corrected chi connectivity index (χ2v) is 9.63. The van der Waals surface area contributed by atoms with E-state index < -0.39 is 24.1 Å². The van der Waals surface area contributed by atoms with Crippen molar-refractivity contribution in [3.05, 3.63) is 24.0 Å². The van der Waals surface area contributed by atoms with Gasteiger partial charge in [0.25, 0.3) is 0 Å². The summed E-state index contributed by atoms with van der Waals surface area (Å²) in [6, 6.07) is 0. The van der Waals surface area contributed by atoms with Gasteiger partial charge in [-0.05, 0) is 26.2 Å². The molecule has 0 aliphatic heterocycles. The van der Waals surface area contributed by atoms with E-state index in [2.05, 4.69) is 13.5 Å². The van der Waals surface area contributed by atoms with Gasteiger partial charge >= 0.3 is 5.97 Å². The van der Waals surface area contributed by atoms with E-state index in [1.165, 1.54) is 70.6 Å². The lowest BCUT2D eigenvalue weighted by Gasteiger charge is -2.24. The number of ether oxygens (including phenoxy) is 2. The van der Waals surface area contributed by atoms with Crippen molar-refractivity contribution in [3.63, 3.8) is 0 Å². The zero-order valence-corrected chi connectivity index (χ0v) is 22.8. The number of esters is 1. The molecule has 0 radical (unpaired) electrons. The average molecular weight is 496 g/mol. The second kappa shape index (κ2) is 22.6. The molecule has 1 amide bonds. The van der Waals surface area contributed by atoms with Crippen LogP contribution in [0.2, 0.25) is 0 Å². The third-order valence-electron chi connectivity index (χ3n) is 6.11. The topological polar surface area (TPSA) is 98.8 Å². The first-order valence-corrected chi connectivity index (χ1v) is 14.0. The monoisotopic (exact) mass is 495 g/mol. The fourth-order valence-electron chi connectivity index (χ4n) is 4.16. The molecule has 0 aromatic heterocycles. The minimum Gasteiger partial charge on any atom is -0.491 e. The van der Waals surface area contributed by atoms with E-state index in [0.717, 1.165) is 25.3 Å². The van der Waals surface area contributed by atoms with Crippen LogP contribution in [0.4, 0.5) is 0 Å². The Morgan fingerprint density at radius 2 is 1.34 bits per heavy atom. The number of rotatable bonds is 24. The van der Waals surface area contributed by atoms with Crippen LogP contribution in [0.5, 0.6) is 0 Å². The fraction of sp³-hybridized carbons (Fsp3) is 0.793. The Balaban J connectivity index is 4.58. The number of aliphatic hydroxyl groups is 1. The highest BCUT2D eigenvalue weighted by Gasteiger charge is 2.26. The van der Waals surface area contributed by atoms with Crippen molar-refractivity contribution in [2.24, 2.45) is 5.73 Å². The first-order chi connectivity index (χ1) is 16.9. The highest BCUT2D eigenvalue weighted by atomic mass is 16.6. The molecule has 0 fully saturated rings. The molecule has 3 N–H and O–H groups in total. The molecule has 0 aromatic carbocycles. The molecule has 2 unspecified atom stereocenters. The van der Waals surface area contributed by atoms with Crippen LogP contribution < -0.4 is 5.73 Å². The third kappa shape index (κ3) is 18.2. The first-order valence-electron chi connectivity index (χ1n) is 14.0. The maximum absolute atomic E-state index is 12.1. The summed E-state index contributed by atoms with van der Waals surface area (Å²) in [5, 5.41) is 9.68. The minimum atomic E-state index is -0.724. The van der Waals surface area contributed by atoms with Crippen molar-refractivity contribution in [1.82, 2.24) is 0 Å². The Morgan fingerprint density at radius 1 is 0.857 bits per heavy atom. The van der Waals surface area contributed by atoms with E-state index in [-0.39, 0.29) is 12.4 Å². The van der Waals surface area contributed by atoms with Crippen LogP contribution in [-0.4, -0.2) is 35.8 Å². The van der Waals surface area contributed by atoms with Crippen LogP contribution in [0.3, 0.4) is 0 Å². The maximum Gasteiger partial charge on any atom is 0.330 e. The summed E-state index contributed by atoms with van der Waals surface area (Å²) in [4.78, 5) is 24.1. The number of unbranched alkanes of at least 4 members (excludes halogenated alkanes) is 13. The fourth-order valence-corrected chi connectivity index (χ4v) is 4.16. The van der Waals surface area contributed by atoms with Crippen molar-refractivity contribution in [3.8, 4) is 0 Å². The Labute approximate surface area is 214 Å². The van der Waals surface area contributed by atoms with Gasteiger partial charge in [0.15, 0.2) is 6.10 Å². The molecule has 0 heterocycles. The van der Waals surface area contributed by atoms with Crippen LogP contribution in [-0.2, 0) is 19.1 Å². The molecule has 0 rings (SSSR count). The highest BCUT2D eigenvalue weighted by Crippen LogP contribution is 2.24. The van der Waals surface area contributed by atoms with Gasteiger partial charge in [0.2, 0.25) is 5.91 Å². The van der Waals surface area contributed by atoms with Crippen molar-refractivity contribution in [2.45, 2.75) is 142 Å². The molecule has 2 atom stereocenters. The van der Waals surface area contributed by atoms with Gasteiger partial charge in [0.1, 0.15) is 12.4 Å². The standard InChI is InChI=1S/C29H53NO5/c1-5-8-9-10-11-12-13-14-15-16-17-18-19-20-22-26(35-27(32)7-3)28(34-23-24(4)31)25(21-6-2)29(30)33/h7,24,26,31H,3,5-6,8-23H2,1-2,4H3,(H2,30,33). The van der Waals surface area contributed by atoms with Gasteiger partial charge in [0, 0.05) is 6.08 Å². The molecular weight excluding hydrogens is 442 g/mol. The third-order valence-corrected chi connectivity index (χ3v) is 6.11. The Morgan fingerprint density at radius 3 is 1.74 bits per heavy atom. The van der Waals surface area contributed by atoms with Gasteiger partial charge in [-0.2, -0.15) is 0 Å². The zero-order chi connectivity index (χ0) is 26.3. The summed E-state index contributed by atoms with van der Waals surface area (Å²) in [7, 11) is 0. The van der Waals surface area contributed by atoms with Crippen molar-refractivity contribution in [2.75, 3.05) is 6.61 Å². The summed E-state index contributed by atoms with van der Waals surface area (Å²) in [5.74, 6) is -0.892. The number of hydrogen-bond acceptors (Lipinski definition) is 5. The number of hydrogen-bond donors (Lipinski definition) is 2. The number of aliphatic hydroxyl groups excluding tert-OH is 1. The number of carbonyl (C=O) groups is 2. The van der Waals surface area contributed by atoms with Crippen LogP contribution in [0.25, 0.3) is 0 Å². The highest BCUT2D eigenvalue weighted by molar-refractivity contribution is 5.92. The van der Waals surface area contributed by atoms with E-state index in [9.17, 15) is 14.7 Å². The normalized spacial score (nSPS) is 13.6. The van der Waals surface area contributed by atoms with E-state index in [0.29, 0.717) is 24.8 Å². The molecule has 204 valence electrons. The molecule has 0 bridgehead atoms. The Hall–Kier alpha value is -1.82. The van der Waals surface area contributed by atoms with Crippen molar-refractivity contribution < 1.29 is 24.2 Å².